The molecule has 2 aromatic rings. The van der Waals surface area contributed by atoms with Gasteiger partial charge in [-0.15, -0.1) is 0 Å². The normalized spacial score (nSPS) is 9.96. The molecule has 0 fully saturated rings. The summed E-state index contributed by atoms with van der Waals surface area (Å²) in [5, 5.41) is 2.70. The first kappa shape index (κ1) is 16.5. The Hall–Kier alpha value is -2.82. The van der Waals surface area contributed by atoms with Gasteiger partial charge < -0.3 is 14.8 Å². The van der Waals surface area contributed by atoms with Crippen LogP contribution in [0.25, 0.3) is 0 Å². The van der Waals surface area contributed by atoms with Crippen LogP contribution in [0, 0.1) is 0 Å². The molecule has 0 aliphatic rings. The summed E-state index contributed by atoms with van der Waals surface area (Å²) in [6.45, 7) is 2.39. The smallest absolute Gasteiger partial charge is 0.338 e. The quantitative estimate of drug-likeness (QED) is 0.630. The van der Waals surface area contributed by atoms with Gasteiger partial charge in [-0.2, -0.15) is 0 Å². The molecule has 23 heavy (non-hydrogen) atoms. The second kappa shape index (κ2) is 8.58. The molecule has 2 aromatic carbocycles. The fourth-order valence-corrected chi connectivity index (χ4v) is 1.88. The zero-order valence-electron chi connectivity index (χ0n) is 13.0. The number of hydrogen-bond acceptors (Lipinski definition) is 4. The maximum atomic E-state index is 11.9. The molecule has 0 radical (unpaired) electrons. The van der Waals surface area contributed by atoms with Crippen LogP contribution >= 0.6 is 0 Å². The van der Waals surface area contributed by atoms with E-state index in [9.17, 15) is 9.59 Å². The van der Waals surface area contributed by atoms with Crippen molar-refractivity contribution in [3.63, 3.8) is 0 Å². The Kier molecular flexibility index (Phi) is 6.17. The second-order valence-electron chi connectivity index (χ2n) is 4.90. The minimum absolute atomic E-state index is 0.0908. The number of carbonyl (C=O) groups is 2. The van der Waals surface area contributed by atoms with Gasteiger partial charge in [0.25, 0.3) is 0 Å². The highest BCUT2D eigenvalue weighted by atomic mass is 16.6. The van der Waals surface area contributed by atoms with Crippen LogP contribution < -0.4 is 10.1 Å². The van der Waals surface area contributed by atoms with E-state index in [-0.39, 0.29) is 12.5 Å². The van der Waals surface area contributed by atoms with Crippen molar-refractivity contribution in [2.75, 3.05) is 13.2 Å². The summed E-state index contributed by atoms with van der Waals surface area (Å²) in [6, 6.07) is 16.3. The Labute approximate surface area is 135 Å². The van der Waals surface area contributed by atoms with Gasteiger partial charge in [0, 0.05) is 13.5 Å². The van der Waals surface area contributed by atoms with Gasteiger partial charge in [0.2, 0.25) is 5.91 Å². The molecule has 0 heterocycles. The average molecular weight is 313 g/mol. The van der Waals surface area contributed by atoms with Crippen molar-refractivity contribution in [2.24, 2.45) is 0 Å². The summed E-state index contributed by atoms with van der Waals surface area (Å²) in [5.41, 5.74) is 1.39. The molecule has 0 atom stereocenters. The Bertz CT molecular complexity index is 638. The maximum absolute atomic E-state index is 11.9. The van der Waals surface area contributed by atoms with Crippen molar-refractivity contribution in [1.29, 1.82) is 0 Å². The third-order valence-corrected chi connectivity index (χ3v) is 3.06. The SMILES string of the molecule is CC(=O)NCc1ccc(C(=O)OCCOc2ccccc2)cc1. The topological polar surface area (TPSA) is 64.6 Å². The van der Waals surface area contributed by atoms with Crippen LogP contribution in [0.4, 0.5) is 0 Å². The molecule has 0 aromatic heterocycles. The molecule has 0 saturated carbocycles. The predicted molar refractivity (Wildman–Crippen MR) is 86.2 cm³/mol. The predicted octanol–water partition coefficient (Wildman–Crippen LogP) is 2.56. The minimum atomic E-state index is -0.396. The van der Waals surface area contributed by atoms with E-state index in [4.69, 9.17) is 9.47 Å². The lowest BCUT2D eigenvalue weighted by molar-refractivity contribution is -0.119. The highest BCUT2D eigenvalue weighted by molar-refractivity contribution is 5.89. The number of ether oxygens (including phenoxy) is 2. The summed E-state index contributed by atoms with van der Waals surface area (Å²) >= 11 is 0. The zero-order valence-corrected chi connectivity index (χ0v) is 13.0. The van der Waals surface area contributed by atoms with Crippen LogP contribution in [0.5, 0.6) is 5.75 Å². The highest BCUT2D eigenvalue weighted by Crippen LogP contribution is 2.09. The van der Waals surface area contributed by atoms with Crippen molar-refractivity contribution < 1.29 is 19.1 Å². The maximum Gasteiger partial charge on any atom is 0.338 e. The van der Waals surface area contributed by atoms with E-state index in [1.807, 2.05) is 30.3 Å². The molecular weight excluding hydrogens is 294 g/mol. The molecule has 2 rings (SSSR count). The van der Waals surface area contributed by atoms with Crippen molar-refractivity contribution in [3.8, 4) is 5.75 Å². The molecule has 5 heteroatoms. The van der Waals surface area contributed by atoms with Crippen LogP contribution in [0.1, 0.15) is 22.8 Å². The van der Waals surface area contributed by atoms with E-state index in [1.54, 1.807) is 24.3 Å². The van der Waals surface area contributed by atoms with E-state index in [0.717, 1.165) is 11.3 Å². The fraction of sp³-hybridized carbons (Fsp3) is 0.222. The van der Waals surface area contributed by atoms with Gasteiger partial charge >= 0.3 is 5.97 Å². The summed E-state index contributed by atoms with van der Waals surface area (Å²) in [5.74, 6) is 0.255. The monoisotopic (exact) mass is 313 g/mol. The van der Waals surface area contributed by atoms with Crippen LogP contribution in [0.2, 0.25) is 0 Å². The molecule has 0 unspecified atom stereocenters. The van der Waals surface area contributed by atoms with E-state index < -0.39 is 5.97 Å². The van der Waals surface area contributed by atoms with Crippen LogP contribution in [0.15, 0.2) is 54.6 Å². The van der Waals surface area contributed by atoms with E-state index >= 15 is 0 Å². The molecule has 0 aliphatic heterocycles. The molecule has 0 aliphatic carbocycles. The van der Waals surface area contributed by atoms with Crippen LogP contribution in [-0.4, -0.2) is 25.1 Å². The zero-order chi connectivity index (χ0) is 16.5. The number of carbonyl (C=O) groups excluding carboxylic acids is 2. The van der Waals surface area contributed by atoms with E-state index in [1.165, 1.54) is 6.92 Å². The summed E-state index contributed by atoms with van der Waals surface area (Å²) < 4.78 is 10.6. The number of benzene rings is 2. The number of rotatable bonds is 7. The fourth-order valence-electron chi connectivity index (χ4n) is 1.88. The van der Waals surface area contributed by atoms with Gasteiger partial charge in [0.15, 0.2) is 0 Å². The van der Waals surface area contributed by atoms with Gasteiger partial charge in [-0.25, -0.2) is 4.79 Å². The number of para-hydroxylation sites is 1. The largest absolute Gasteiger partial charge is 0.490 e. The van der Waals surface area contributed by atoms with Crippen molar-refractivity contribution in [1.82, 2.24) is 5.32 Å². The average Bonchev–Trinajstić information content (AvgIpc) is 2.58. The molecule has 120 valence electrons. The first-order valence-electron chi connectivity index (χ1n) is 7.33. The number of esters is 1. The molecule has 1 amide bonds. The third kappa shape index (κ3) is 5.82. The van der Waals surface area contributed by atoms with Crippen molar-refractivity contribution in [2.45, 2.75) is 13.5 Å². The standard InChI is InChI=1S/C18H19NO4/c1-14(20)19-13-15-7-9-16(10-8-15)18(21)23-12-11-22-17-5-3-2-4-6-17/h2-10H,11-13H2,1H3,(H,19,20). The number of nitrogens with one attached hydrogen (secondary N) is 1. The number of amides is 1. The highest BCUT2D eigenvalue weighted by Gasteiger charge is 2.07. The van der Waals surface area contributed by atoms with Gasteiger partial charge in [-0.05, 0) is 29.8 Å². The number of hydrogen-bond donors (Lipinski definition) is 1. The lowest BCUT2D eigenvalue weighted by Crippen LogP contribution is -2.19. The Balaban J connectivity index is 1.73. The van der Waals surface area contributed by atoms with E-state index in [2.05, 4.69) is 5.32 Å². The van der Waals surface area contributed by atoms with Crippen LogP contribution in [-0.2, 0) is 16.1 Å². The second-order valence-corrected chi connectivity index (χ2v) is 4.90. The lowest BCUT2D eigenvalue weighted by atomic mass is 10.1. The lowest BCUT2D eigenvalue weighted by Gasteiger charge is -2.08. The Morgan fingerprint density at radius 2 is 1.65 bits per heavy atom. The Morgan fingerprint density at radius 3 is 2.30 bits per heavy atom. The Morgan fingerprint density at radius 1 is 0.957 bits per heavy atom. The molecular formula is C18H19NO4. The van der Waals surface area contributed by atoms with Gasteiger partial charge in [-0.3, -0.25) is 4.79 Å². The van der Waals surface area contributed by atoms with Crippen LogP contribution in [0.3, 0.4) is 0 Å². The van der Waals surface area contributed by atoms with Crippen molar-refractivity contribution >= 4 is 11.9 Å². The summed E-state index contributed by atoms with van der Waals surface area (Å²) in [7, 11) is 0. The van der Waals surface area contributed by atoms with E-state index in [0.29, 0.717) is 18.7 Å². The third-order valence-electron chi connectivity index (χ3n) is 3.06. The molecule has 0 saturated heterocycles. The first-order chi connectivity index (χ1) is 11.1. The molecule has 0 spiro atoms. The minimum Gasteiger partial charge on any atom is -0.490 e. The van der Waals surface area contributed by atoms with Gasteiger partial charge in [0.05, 0.1) is 5.56 Å². The summed E-state index contributed by atoms with van der Waals surface area (Å²) in [6.07, 6.45) is 0. The molecule has 1 N–H and O–H groups in total. The van der Waals surface area contributed by atoms with Crippen molar-refractivity contribution in [3.05, 3.63) is 65.7 Å². The molecule has 0 bridgehead atoms. The molecule has 5 nitrogen and oxygen atoms in total. The first-order valence-corrected chi connectivity index (χ1v) is 7.33. The van der Waals surface area contributed by atoms with Gasteiger partial charge in [-0.1, -0.05) is 30.3 Å². The summed E-state index contributed by atoms with van der Waals surface area (Å²) in [4.78, 5) is 22.7. The van der Waals surface area contributed by atoms with Gasteiger partial charge in [0.1, 0.15) is 19.0 Å².